The summed E-state index contributed by atoms with van der Waals surface area (Å²) in [6, 6.07) is 0. The largest absolute Gasteiger partial charge is 0.444 e. The van der Waals surface area contributed by atoms with Gasteiger partial charge in [0.05, 0.1) is 72.7 Å². The van der Waals surface area contributed by atoms with Crippen LogP contribution in [0.2, 0.25) is 0 Å². The van der Waals surface area contributed by atoms with E-state index >= 15 is 0 Å². The van der Waals surface area contributed by atoms with E-state index < -0.39 is 11.7 Å². The molecule has 0 saturated heterocycles. The van der Waals surface area contributed by atoms with Crippen molar-refractivity contribution in [1.82, 2.24) is 5.32 Å². The number of carbonyl (C=O) groups is 1. The van der Waals surface area contributed by atoms with Gasteiger partial charge in [0.1, 0.15) is 5.60 Å². The van der Waals surface area contributed by atoms with E-state index in [1.54, 1.807) is 0 Å². The molecule has 0 fully saturated rings. The number of unbranched alkanes of at least 4 members (excludes halogenated alkanes) is 3. The van der Waals surface area contributed by atoms with Crippen LogP contribution < -0.4 is 5.32 Å². The van der Waals surface area contributed by atoms with E-state index in [4.69, 9.17) is 33.2 Å². The molecule has 0 saturated carbocycles. The van der Waals surface area contributed by atoms with Crippen LogP contribution in [0.5, 0.6) is 0 Å². The van der Waals surface area contributed by atoms with E-state index in [0.717, 1.165) is 13.0 Å². The summed E-state index contributed by atoms with van der Waals surface area (Å²) in [5.74, 6) is 0. The highest BCUT2D eigenvalue weighted by atomic mass is 16.6. The van der Waals surface area contributed by atoms with Gasteiger partial charge in [-0.2, -0.15) is 0 Å². The molecule has 1 amide bonds. The molecule has 0 atom stereocenters. The Labute approximate surface area is 194 Å². The molecule has 0 rings (SSSR count). The first-order chi connectivity index (χ1) is 15.5. The molecule has 32 heavy (non-hydrogen) atoms. The molecule has 0 aromatic carbocycles. The van der Waals surface area contributed by atoms with Crippen LogP contribution in [0.1, 0.15) is 53.4 Å². The highest BCUT2D eigenvalue weighted by molar-refractivity contribution is 5.67. The van der Waals surface area contributed by atoms with Gasteiger partial charge in [0, 0.05) is 13.2 Å². The van der Waals surface area contributed by atoms with Crippen LogP contribution in [0, 0.1) is 0 Å². The molecular weight excluding hydrogens is 418 g/mol. The predicted octanol–water partition coefficient (Wildman–Crippen LogP) is 3.19. The van der Waals surface area contributed by atoms with Crippen molar-refractivity contribution >= 4 is 6.09 Å². The van der Waals surface area contributed by atoms with Gasteiger partial charge in [-0.05, 0) is 27.2 Å². The van der Waals surface area contributed by atoms with Gasteiger partial charge in [0.2, 0.25) is 0 Å². The number of ether oxygens (including phenoxy) is 7. The lowest BCUT2D eigenvalue weighted by Crippen LogP contribution is -2.34. The molecule has 0 aromatic rings. The zero-order valence-corrected chi connectivity index (χ0v) is 20.8. The van der Waals surface area contributed by atoms with Gasteiger partial charge >= 0.3 is 6.09 Å². The van der Waals surface area contributed by atoms with Gasteiger partial charge in [-0.1, -0.05) is 26.2 Å². The Hall–Kier alpha value is -0.970. The summed E-state index contributed by atoms with van der Waals surface area (Å²) >= 11 is 0. The predicted molar refractivity (Wildman–Crippen MR) is 123 cm³/mol. The first-order valence-electron chi connectivity index (χ1n) is 11.9. The summed E-state index contributed by atoms with van der Waals surface area (Å²) in [4.78, 5) is 11.4. The first-order valence-corrected chi connectivity index (χ1v) is 11.9. The maximum atomic E-state index is 11.4. The Morgan fingerprint density at radius 2 is 1.00 bits per heavy atom. The standard InChI is InChI=1S/C23H47NO8/c1-5-6-7-8-10-26-12-14-28-16-18-30-20-21-31-19-17-29-15-13-27-11-9-24-22(25)32-23(2,3)4/h5-21H2,1-4H3,(H,24,25). The smallest absolute Gasteiger partial charge is 0.407 e. The molecule has 0 heterocycles. The van der Waals surface area contributed by atoms with Gasteiger partial charge in [0.25, 0.3) is 0 Å². The van der Waals surface area contributed by atoms with Crippen molar-refractivity contribution in [3.8, 4) is 0 Å². The number of hydrogen-bond acceptors (Lipinski definition) is 8. The number of alkyl carbamates (subject to hydrolysis) is 1. The van der Waals surface area contributed by atoms with Crippen LogP contribution in [0.4, 0.5) is 4.79 Å². The van der Waals surface area contributed by atoms with E-state index in [2.05, 4.69) is 12.2 Å². The summed E-state index contributed by atoms with van der Waals surface area (Å²) in [6.07, 6.45) is 4.45. The molecule has 0 unspecified atom stereocenters. The lowest BCUT2D eigenvalue weighted by atomic mass is 10.2. The normalized spacial score (nSPS) is 11.6. The molecule has 0 aliphatic rings. The number of rotatable bonds is 23. The molecule has 0 radical (unpaired) electrons. The monoisotopic (exact) mass is 465 g/mol. The van der Waals surface area contributed by atoms with Crippen molar-refractivity contribution in [1.29, 1.82) is 0 Å². The first kappa shape index (κ1) is 31.0. The molecular formula is C23H47NO8. The number of amides is 1. The fourth-order valence-electron chi connectivity index (χ4n) is 2.37. The van der Waals surface area contributed by atoms with Crippen LogP contribution in [0.15, 0.2) is 0 Å². The number of hydrogen-bond donors (Lipinski definition) is 1. The van der Waals surface area contributed by atoms with E-state index in [1.807, 2.05) is 20.8 Å². The Bertz CT molecular complexity index is 404. The Kier molecular flexibility index (Phi) is 22.5. The van der Waals surface area contributed by atoms with Crippen LogP contribution in [0.3, 0.4) is 0 Å². The topological polar surface area (TPSA) is 93.7 Å². The van der Waals surface area contributed by atoms with E-state index in [9.17, 15) is 4.79 Å². The zero-order valence-electron chi connectivity index (χ0n) is 20.8. The molecule has 192 valence electrons. The van der Waals surface area contributed by atoms with Gasteiger partial charge in [-0.15, -0.1) is 0 Å². The molecule has 0 aliphatic heterocycles. The van der Waals surface area contributed by atoms with Crippen molar-refractivity contribution in [3.05, 3.63) is 0 Å². The fourth-order valence-corrected chi connectivity index (χ4v) is 2.37. The molecule has 1 N–H and O–H groups in total. The summed E-state index contributed by atoms with van der Waals surface area (Å²) in [5, 5.41) is 2.63. The summed E-state index contributed by atoms with van der Waals surface area (Å²) in [5.41, 5.74) is -0.496. The summed E-state index contributed by atoms with van der Waals surface area (Å²) < 4.78 is 37.7. The molecule has 0 aliphatic carbocycles. The SMILES string of the molecule is CCCCCCOCCOCCOCCOCCOCCOCCNC(=O)OC(C)(C)C. The van der Waals surface area contributed by atoms with Gasteiger partial charge in [-0.25, -0.2) is 4.79 Å². The Morgan fingerprint density at radius 1 is 0.594 bits per heavy atom. The Morgan fingerprint density at radius 3 is 1.41 bits per heavy atom. The summed E-state index contributed by atoms with van der Waals surface area (Å²) in [6.45, 7) is 14.7. The third-order valence-corrected chi connectivity index (χ3v) is 3.92. The highest BCUT2D eigenvalue weighted by Crippen LogP contribution is 2.06. The van der Waals surface area contributed by atoms with Gasteiger partial charge in [0.15, 0.2) is 0 Å². The molecule has 0 aromatic heterocycles. The molecule has 9 nitrogen and oxygen atoms in total. The second-order valence-electron chi connectivity index (χ2n) is 8.16. The minimum Gasteiger partial charge on any atom is -0.444 e. The molecule has 0 spiro atoms. The van der Waals surface area contributed by atoms with Crippen molar-refractivity contribution in [2.24, 2.45) is 0 Å². The second-order valence-corrected chi connectivity index (χ2v) is 8.16. The van der Waals surface area contributed by atoms with Crippen LogP contribution in [0.25, 0.3) is 0 Å². The van der Waals surface area contributed by atoms with Crippen molar-refractivity contribution in [3.63, 3.8) is 0 Å². The minimum absolute atomic E-state index is 0.399. The van der Waals surface area contributed by atoms with E-state index in [0.29, 0.717) is 79.2 Å². The van der Waals surface area contributed by atoms with Gasteiger partial charge < -0.3 is 38.5 Å². The van der Waals surface area contributed by atoms with Crippen molar-refractivity contribution < 1.29 is 38.0 Å². The highest BCUT2D eigenvalue weighted by Gasteiger charge is 2.15. The lowest BCUT2D eigenvalue weighted by Gasteiger charge is -2.19. The second kappa shape index (κ2) is 23.2. The zero-order chi connectivity index (χ0) is 23.8. The average molecular weight is 466 g/mol. The van der Waals surface area contributed by atoms with Gasteiger partial charge in [-0.3, -0.25) is 0 Å². The van der Waals surface area contributed by atoms with Crippen LogP contribution in [-0.4, -0.2) is 97.5 Å². The maximum Gasteiger partial charge on any atom is 0.407 e. The number of carbonyl (C=O) groups excluding carboxylic acids is 1. The third-order valence-electron chi connectivity index (χ3n) is 3.92. The third kappa shape index (κ3) is 27.1. The molecule has 9 heteroatoms. The van der Waals surface area contributed by atoms with E-state index in [-0.39, 0.29) is 0 Å². The Balaban J connectivity index is 3.10. The quantitative estimate of drug-likeness (QED) is 0.230. The van der Waals surface area contributed by atoms with E-state index in [1.165, 1.54) is 19.3 Å². The van der Waals surface area contributed by atoms with Crippen molar-refractivity contribution in [2.75, 3.05) is 85.8 Å². The lowest BCUT2D eigenvalue weighted by molar-refractivity contribution is -0.0167. The van der Waals surface area contributed by atoms with Crippen molar-refractivity contribution in [2.45, 2.75) is 59.0 Å². The minimum atomic E-state index is -0.496. The average Bonchev–Trinajstić information content (AvgIpc) is 2.73. The number of nitrogens with one attached hydrogen (secondary N) is 1. The summed E-state index contributed by atoms with van der Waals surface area (Å²) in [7, 11) is 0. The fraction of sp³-hybridized carbons (Fsp3) is 0.957. The van der Waals surface area contributed by atoms with Crippen LogP contribution in [-0.2, 0) is 33.2 Å². The maximum absolute atomic E-state index is 11.4. The molecule has 0 bridgehead atoms. The van der Waals surface area contributed by atoms with Crippen LogP contribution >= 0.6 is 0 Å².